The van der Waals surface area contributed by atoms with Crippen LogP contribution in [-0.4, -0.2) is 26.8 Å². The van der Waals surface area contributed by atoms with Gasteiger partial charge in [0.2, 0.25) is 0 Å². The Balaban J connectivity index is 2.19. The fraction of sp³-hybridized carbons (Fsp3) is 0.625. The van der Waals surface area contributed by atoms with Crippen LogP contribution in [0.3, 0.4) is 0 Å². The second kappa shape index (κ2) is 8.81. The lowest BCUT2D eigenvalue weighted by atomic mass is 10.2. The highest BCUT2D eigenvalue weighted by Crippen LogP contribution is 2.27. The number of rotatable bonds is 9. The number of nitrogens with one attached hydrogen (secondary N) is 1. The van der Waals surface area contributed by atoms with Gasteiger partial charge in [-0.1, -0.05) is 19.9 Å². The van der Waals surface area contributed by atoms with Gasteiger partial charge in [-0.05, 0) is 56.5 Å². The fourth-order valence-electron chi connectivity index (χ4n) is 1.82. The molecule has 108 valence electrons. The van der Waals surface area contributed by atoms with Crippen molar-refractivity contribution in [2.45, 2.75) is 33.6 Å². The molecule has 0 spiro atoms. The summed E-state index contributed by atoms with van der Waals surface area (Å²) in [6.07, 6.45) is 2.20. The molecule has 0 radical (unpaired) electrons. The second-order valence-corrected chi connectivity index (χ2v) is 5.31. The molecule has 1 aromatic rings. The zero-order chi connectivity index (χ0) is 14.1. The molecule has 1 rings (SSSR count). The summed E-state index contributed by atoms with van der Waals surface area (Å²) < 4.78 is 11.1. The van der Waals surface area contributed by atoms with Gasteiger partial charge in [0, 0.05) is 0 Å². The Labute approximate surface area is 117 Å². The predicted octanol–water partition coefficient (Wildman–Crippen LogP) is 3.41. The van der Waals surface area contributed by atoms with Crippen molar-refractivity contribution in [3.05, 3.63) is 23.8 Å². The highest BCUT2D eigenvalue weighted by molar-refractivity contribution is 5.42. The maximum Gasteiger partial charge on any atom is 0.161 e. The van der Waals surface area contributed by atoms with E-state index >= 15 is 0 Å². The molecule has 0 aromatic heterocycles. The van der Waals surface area contributed by atoms with Crippen LogP contribution in [0.15, 0.2) is 18.2 Å². The molecule has 0 saturated heterocycles. The normalized spacial score (nSPS) is 10.8. The van der Waals surface area contributed by atoms with Gasteiger partial charge in [0.15, 0.2) is 11.5 Å². The molecule has 0 unspecified atom stereocenters. The van der Waals surface area contributed by atoms with Crippen LogP contribution in [-0.2, 0) is 0 Å². The average molecular weight is 265 g/mol. The van der Waals surface area contributed by atoms with Gasteiger partial charge in [-0.15, -0.1) is 0 Å². The van der Waals surface area contributed by atoms with E-state index in [1.807, 2.05) is 25.1 Å². The third-order valence-corrected chi connectivity index (χ3v) is 2.88. The number of hydrogen-bond donors (Lipinski definition) is 1. The summed E-state index contributed by atoms with van der Waals surface area (Å²) in [4.78, 5) is 0. The minimum Gasteiger partial charge on any atom is -0.493 e. The van der Waals surface area contributed by atoms with Gasteiger partial charge in [0.1, 0.15) is 0 Å². The summed E-state index contributed by atoms with van der Waals surface area (Å²) >= 11 is 0. The Bertz CT molecular complexity index is 364. The molecule has 0 aliphatic rings. The highest BCUT2D eigenvalue weighted by atomic mass is 16.5. The van der Waals surface area contributed by atoms with Crippen LogP contribution in [0.4, 0.5) is 0 Å². The number of ether oxygens (including phenoxy) is 2. The SMILES string of the molecule is COc1cc(C)ccc1OCCCCNCC(C)C. The minimum absolute atomic E-state index is 0.716. The summed E-state index contributed by atoms with van der Waals surface area (Å²) in [5.74, 6) is 2.37. The van der Waals surface area contributed by atoms with E-state index in [1.165, 1.54) is 5.56 Å². The molecular weight excluding hydrogens is 238 g/mol. The molecular formula is C16H27NO2. The van der Waals surface area contributed by atoms with E-state index in [1.54, 1.807) is 7.11 Å². The fourth-order valence-corrected chi connectivity index (χ4v) is 1.82. The monoisotopic (exact) mass is 265 g/mol. The zero-order valence-corrected chi connectivity index (χ0v) is 12.7. The lowest BCUT2D eigenvalue weighted by Gasteiger charge is -2.11. The van der Waals surface area contributed by atoms with Crippen LogP contribution in [0, 0.1) is 12.8 Å². The Kier molecular flexibility index (Phi) is 7.34. The summed E-state index contributed by atoms with van der Waals surface area (Å²) in [5, 5.41) is 3.43. The molecule has 1 aromatic carbocycles. The third kappa shape index (κ3) is 6.48. The van der Waals surface area contributed by atoms with Crippen LogP contribution in [0.25, 0.3) is 0 Å². The van der Waals surface area contributed by atoms with E-state index in [9.17, 15) is 0 Å². The van der Waals surface area contributed by atoms with Crippen LogP contribution < -0.4 is 14.8 Å². The van der Waals surface area contributed by atoms with Crippen LogP contribution in [0.2, 0.25) is 0 Å². The Morgan fingerprint density at radius 1 is 1.16 bits per heavy atom. The minimum atomic E-state index is 0.716. The molecule has 0 bridgehead atoms. The smallest absolute Gasteiger partial charge is 0.161 e. The number of hydrogen-bond acceptors (Lipinski definition) is 3. The summed E-state index contributed by atoms with van der Waals surface area (Å²) in [5.41, 5.74) is 1.18. The van der Waals surface area contributed by atoms with Gasteiger partial charge < -0.3 is 14.8 Å². The maximum absolute atomic E-state index is 5.76. The van der Waals surface area contributed by atoms with Crippen molar-refractivity contribution in [2.24, 2.45) is 5.92 Å². The van der Waals surface area contributed by atoms with E-state index in [0.717, 1.165) is 44.0 Å². The van der Waals surface area contributed by atoms with E-state index in [2.05, 4.69) is 19.2 Å². The topological polar surface area (TPSA) is 30.5 Å². The average Bonchev–Trinajstić information content (AvgIpc) is 2.38. The molecule has 1 N–H and O–H groups in total. The zero-order valence-electron chi connectivity index (χ0n) is 12.7. The van der Waals surface area contributed by atoms with E-state index in [4.69, 9.17) is 9.47 Å². The standard InChI is InChI=1S/C16H27NO2/c1-13(2)12-17-9-5-6-10-19-15-8-7-14(3)11-16(15)18-4/h7-8,11,13,17H,5-6,9-10,12H2,1-4H3. The molecule has 0 heterocycles. The Morgan fingerprint density at radius 3 is 2.63 bits per heavy atom. The quantitative estimate of drug-likeness (QED) is 0.694. The van der Waals surface area contributed by atoms with Gasteiger partial charge >= 0.3 is 0 Å². The molecule has 19 heavy (non-hydrogen) atoms. The lowest BCUT2D eigenvalue weighted by Crippen LogP contribution is -2.21. The number of benzene rings is 1. The number of unbranched alkanes of at least 4 members (excludes halogenated alkanes) is 1. The first-order valence-corrected chi connectivity index (χ1v) is 7.11. The largest absolute Gasteiger partial charge is 0.493 e. The predicted molar refractivity (Wildman–Crippen MR) is 80.2 cm³/mol. The Hall–Kier alpha value is -1.22. The summed E-state index contributed by atoms with van der Waals surface area (Å²) in [7, 11) is 1.68. The van der Waals surface area contributed by atoms with Crippen LogP contribution >= 0.6 is 0 Å². The van der Waals surface area contributed by atoms with Gasteiger partial charge in [-0.3, -0.25) is 0 Å². The molecule has 0 saturated carbocycles. The first kappa shape index (κ1) is 15.8. The maximum atomic E-state index is 5.76. The van der Waals surface area contributed by atoms with Gasteiger partial charge in [0.05, 0.1) is 13.7 Å². The third-order valence-electron chi connectivity index (χ3n) is 2.88. The molecule has 0 aliphatic carbocycles. The van der Waals surface area contributed by atoms with Gasteiger partial charge in [0.25, 0.3) is 0 Å². The highest BCUT2D eigenvalue weighted by Gasteiger charge is 2.03. The van der Waals surface area contributed by atoms with Crippen molar-refractivity contribution in [2.75, 3.05) is 26.8 Å². The molecule has 0 aliphatic heterocycles. The number of aryl methyl sites for hydroxylation is 1. The molecule has 3 nitrogen and oxygen atoms in total. The molecule has 0 amide bonds. The van der Waals surface area contributed by atoms with Crippen molar-refractivity contribution in [1.29, 1.82) is 0 Å². The van der Waals surface area contributed by atoms with E-state index in [-0.39, 0.29) is 0 Å². The van der Waals surface area contributed by atoms with Gasteiger partial charge in [-0.25, -0.2) is 0 Å². The van der Waals surface area contributed by atoms with Crippen LogP contribution in [0.1, 0.15) is 32.3 Å². The van der Waals surface area contributed by atoms with Crippen molar-refractivity contribution in [3.8, 4) is 11.5 Å². The first-order chi connectivity index (χ1) is 9.13. The molecule has 3 heteroatoms. The summed E-state index contributed by atoms with van der Waals surface area (Å²) in [6, 6.07) is 6.02. The molecule has 0 atom stereocenters. The van der Waals surface area contributed by atoms with Crippen molar-refractivity contribution < 1.29 is 9.47 Å². The van der Waals surface area contributed by atoms with E-state index in [0.29, 0.717) is 5.92 Å². The number of methoxy groups -OCH3 is 1. The van der Waals surface area contributed by atoms with Crippen molar-refractivity contribution in [3.63, 3.8) is 0 Å². The van der Waals surface area contributed by atoms with Crippen molar-refractivity contribution in [1.82, 2.24) is 5.32 Å². The van der Waals surface area contributed by atoms with Crippen LogP contribution in [0.5, 0.6) is 11.5 Å². The van der Waals surface area contributed by atoms with E-state index < -0.39 is 0 Å². The second-order valence-electron chi connectivity index (χ2n) is 5.31. The lowest BCUT2D eigenvalue weighted by molar-refractivity contribution is 0.285. The molecule has 0 fully saturated rings. The Morgan fingerprint density at radius 2 is 1.95 bits per heavy atom. The summed E-state index contributed by atoms with van der Waals surface area (Å²) in [6.45, 7) is 9.38. The van der Waals surface area contributed by atoms with Crippen molar-refractivity contribution >= 4 is 0 Å². The van der Waals surface area contributed by atoms with Gasteiger partial charge in [-0.2, -0.15) is 0 Å². The first-order valence-electron chi connectivity index (χ1n) is 7.11.